The van der Waals surface area contributed by atoms with Crippen LogP contribution < -0.4 is 4.74 Å². The number of hydrogen-bond donors (Lipinski definition) is 1. The Hall–Kier alpha value is -1.90. The van der Waals surface area contributed by atoms with E-state index in [-0.39, 0.29) is 17.5 Å². The first kappa shape index (κ1) is 13.1. The first-order valence-corrected chi connectivity index (χ1v) is 6.98. The van der Waals surface area contributed by atoms with E-state index in [0.29, 0.717) is 18.1 Å². The van der Waals surface area contributed by atoms with Gasteiger partial charge in [-0.05, 0) is 60.4 Å². The lowest BCUT2D eigenvalue weighted by atomic mass is 9.70. The summed E-state index contributed by atoms with van der Waals surface area (Å²) in [5, 5.41) is 7.99. The van der Waals surface area contributed by atoms with Crippen LogP contribution in [0.25, 0.3) is 0 Å². The first-order valence-electron chi connectivity index (χ1n) is 6.98. The lowest BCUT2D eigenvalue weighted by Gasteiger charge is -2.34. The van der Waals surface area contributed by atoms with Crippen LogP contribution >= 0.6 is 0 Å². The summed E-state index contributed by atoms with van der Waals surface area (Å²) in [6, 6.07) is 5.18. The molecule has 1 N–H and O–H groups in total. The van der Waals surface area contributed by atoms with Gasteiger partial charge in [0.05, 0.1) is 7.11 Å². The third kappa shape index (κ3) is 2.28. The van der Waals surface area contributed by atoms with E-state index < -0.39 is 0 Å². The SMILES string of the molecule is COc1ccc(C2CC(=N)C=C3C=CCCC32)cc1F. The number of methoxy groups -OCH3 is 1. The minimum atomic E-state index is -0.320. The number of hydrogen-bond acceptors (Lipinski definition) is 2. The summed E-state index contributed by atoms with van der Waals surface area (Å²) in [7, 11) is 1.47. The molecule has 2 unspecified atom stereocenters. The Kier molecular flexibility index (Phi) is 3.43. The van der Waals surface area contributed by atoms with Gasteiger partial charge >= 0.3 is 0 Å². The zero-order valence-corrected chi connectivity index (χ0v) is 11.5. The van der Waals surface area contributed by atoms with E-state index in [0.717, 1.165) is 18.4 Å². The number of rotatable bonds is 2. The van der Waals surface area contributed by atoms with E-state index >= 15 is 0 Å². The van der Waals surface area contributed by atoms with Crippen LogP contribution in [0.1, 0.15) is 30.7 Å². The van der Waals surface area contributed by atoms with Gasteiger partial charge in [-0.1, -0.05) is 18.2 Å². The number of allylic oxidation sites excluding steroid dienone is 4. The number of halogens is 1. The van der Waals surface area contributed by atoms with E-state index in [1.165, 1.54) is 12.7 Å². The fourth-order valence-electron chi connectivity index (χ4n) is 3.28. The zero-order valence-electron chi connectivity index (χ0n) is 11.5. The quantitative estimate of drug-likeness (QED) is 0.857. The molecule has 0 bridgehead atoms. The fourth-order valence-corrected chi connectivity index (χ4v) is 3.28. The van der Waals surface area contributed by atoms with Crippen molar-refractivity contribution in [2.45, 2.75) is 25.2 Å². The number of benzene rings is 1. The van der Waals surface area contributed by atoms with Crippen molar-refractivity contribution >= 4 is 5.71 Å². The molecule has 2 nitrogen and oxygen atoms in total. The van der Waals surface area contributed by atoms with Gasteiger partial charge in [-0.2, -0.15) is 0 Å². The van der Waals surface area contributed by atoms with Crippen LogP contribution in [-0.2, 0) is 0 Å². The number of ether oxygens (including phenoxy) is 1. The second kappa shape index (κ2) is 5.23. The second-order valence-electron chi connectivity index (χ2n) is 5.46. The maximum absolute atomic E-state index is 13.9. The Bertz CT molecular complexity index is 603. The Morgan fingerprint density at radius 3 is 2.90 bits per heavy atom. The highest BCUT2D eigenvalue weighted by Crippen LogP contribution is 2.42. The molecule has 3 rings (SSSR count). The molecule has 0 amide bonds. The molecule has 2 aliphatic carbocycles. The summed E-state index contributed by atoms with van der Waals surface area (Å²) in [5.74, 6) is 0.563. The minimum absolute atomic E-state index is 0.202. The molecule has 1 aromatic rings. The van der Waals surface area contributed by atoms with Crippen LogP contribution in [0.15, 0.2) is 42.0 Å². The van der Waals surface area contributed by atoms with Gasteiger partial charge in [0.2, 0.25) is 0 Å². The van der Waals surface area contributed by atoms with E-state index in [1.54, 1.807) is 12.1 Å². The van der Waals surface area contributed by atoms with Crippen LogP contribution in [0.5, 0.6) is 5.75 Å². The molecular weight excluding hydrogens is 253 g/mol. The molecule has 0 radical (unpaired) electrons. The maximum atomic E-state index is 13.9. The molecule has 0 aromatic heterocycles. The summed E-state index contributed by atoms with van der Waals surface area (Å²) >= 11 is 0. The van der Waals surface area contributed by atoms with Crippen molar-refractivity contribution in [3.8, 4) is 5.75 Å². The maximum Gasteiger partial charge on any atom is 0.165 e. The summed E-state index contributed by atoms with van der Waals surface area (Å²) in [4.78, 5) is 0. The Labute approximate surface area is 118 Å². The topological polar surface area (TPSA) is 33.1 Å². The highest BCUT2D eigenvalue weighted by molar-refractivity contribution is 5.95. The molecule has 1 aromatic carbocycles. The van der Waals surface area contributed by atoms with E-state index in [9.17, 15) is 4.39 Å². The summed E-state index contributed by atoms with van der Waals surface area (Å²) in [5.41, 5.74) is 2.82. The second-order valence-corrected chi connectivity index (χ2v) is 5.46. The molecule has 2 aliphatic rings. The van der Waals surface area contributed by atoms with Crippen LogP contribution in [0, 0.1) is 17.1 Å². The molecule has 3 heteroatoms. The molecule has 2 atom stereocenters. The molecule has 0 saturated carbocycles. The normalized spacial score (nSPS) is 25.1. The predicted molar refractivity (Wildman–Crippen MR) is 78.0 cm³/mol. The van der Waals surface area contributed by atoms with Crippen molar-refractivity contribution in [3.63, 3.8) is 0 Å². The lowest BCUT2D eigenvalue weighted by molar-refractivity contribution is 0.384. The molecule has 0 fully saturated rings. The molecule has 0 saturated heterocycles. The molecule has 0 spiro atoms. The molecule has 104 valence electrons. The van der Waals surface area contributed by atoms with Crippen molar-refractivity contribution in [2.75, 3.05) is 7.11 Å². The molecule has 20 heavy (non-hydrogen) atoms. The van der Waals surface area contributed by atoms with Crippen molar-refractivity contribution < 1.29 is 9.13 Å². The van der Waals surface area contributed by atoms with Crippen molar-refractivity contribution in [3.05, 3.63) is 53.4 Å². The predicted octanol–water partition coefficient (Wildman–Crippen LogP) is 4.23. The van der Waals surface area contributed by atoms with Gasteiger partial charge in [0.25, 0.3) is 0 Å². The van der Waals surface area contributed by atoms with Crippen molar-refractivity contribution in [2.24, 2.45) is 5.92 Å². The highest BCUT2D eigenvalue weighted by atomic mass is 19.1. The monoisotopic (exact) mass is 271 g/mol. The summed E-state index contributed by atoms with van der Waals surface area (Å²) < 4.78 is 18.9. The average molecular weight is 271 g/mol. The largest absolute Gasteiger partial charge is 0.494 e. The first-order chi connectivity index (χ1) is 9.69. The Balaban J connectivity index is 1.97. The number of fused-ring (bicyclic) bond motifs is 1. The van der Waals surface area contributed by atoms with Crippen LogP contribution in [0.2, 0.25) is 0 Å². The van der Waals surface area contributed by atoms with E-state index in [4.69, 9.17) is 10.1 Å². The van der Waals surface area contributed by atoms with Crippen LogP contribution in [-0.4, -0.2) is 12.8 Å². The third-order valence-corrected chi connectivity index (χ3v) is 4.25. The van der Waals surface area contributed by atoms with Gasteiger partial charge < -0.3 is 10.1 Å². The van der Waals surface area contributed by atoms with Crippen molar-refractivity contribution in [1.29, 1.82) is 5.41 Å². The smallest absolute Gasteiger partial charge is 0.165 e. The molecule has 0 heterocycles. The summed E-state index contributed by atoms with van der Waals surface area (Å²) in [6.07, 6.45) is 9.07. The average Bonchev–Trinajstić information content (AvgIpc) is 2.46. The van der Waals surface area contributed by atoms with Gasteiger partial charge in [-0.25, -0.2) is 4.39 Å². The highest BCUT2D eigenvalue weighted by Gasteiger charge is 2.31. The molecular formula is C17H18FNO. The standard InChI is InChI=1S/C17H18FNO/c1-20-17-7-6-12(9-16(17)18)15-10-13(19)8-11-4-2-3-5-14(11)15/h2,4,6-9,14-15,19H,3,5,10H2,1H3. The molecule has 0 aliphatic heterocycles. The number of nitrogens with one attached hydrogen (secondary N) is 1. The third-order valence-electron chi connectivity index (χ3n) is 4.25. The van der Waals surface area contributed by atoms with Gasteiger partial charge in [-0.3, -0.25) is 0 Å². The van der Waals surface area contributed by atoms with Crippen molar-refractivity contribution in [1.82, 2.24) is 0 Å². The van der Waals surface area contributed by atoms with E-state index in [1.807, 2.05) is 12.1 Å². The lowest BCUT2D eigenvalue weighted by Crippen LogP contribution is -2.24. The Morgan fingerprint density at radius 2 is 2.15 bits per heavy atom. The van der Waals surface area contributed by atoms with E-state index in [2.05, 4.69) is 12.2 Å². The summed E-state index contributed by atoms with van der Waals surface area (Å²) in [6.45, 7) is 0. The van der Waals surface area contributed by atoms with Gasteiger partial charge in [0, 0.05) is 5.71 Å². The van der Waals surface area contributed by atoms with Gasteiger partial charge in [0.15, 0.2) is 11.6 Å². The van der Waals surface area contributed by atoms with Crippen LogP contribution in [0.4, 0.5) is 4.39 Å². The Morgan fingerprint density at radius 1 is 1.30 bits per heavy atom. The van der Waals surface area contributed by atoms with Crippen LogP contribution in [0.3, 0.4) is 0 Å². The van der Waals surface area contributed by atoms with Gasteiger partial charge in [0.1, 0.15) is 0 Å². The zero-order chi connectivity index (χ0) is 14.1. The van der Waals surface area contributed by atoms with Gasteiger partial charge in [-0.15, -0.1) is 0 Å². The fraction of sp³-hybridized carbons (Fsp3) is 0.353. The minimum Gasteiger partial charge on any atom is -0.494 e.